The van der Waals surface area contributed by atoms with Gasteiger partial charge < -0.3 is 0 Å². The fourth-order valence-corrected chi connectivity index (χ4v) is 8.08. The van der Waals surface area contributed by atoms with Gasteiger partial charge in [0.05, 0.1) is 0 Å². The van der Waals surface area contributed by atoms with Crippen LogP contribution in [0.2, 0.25) is 0 Å². The van der Waals surface area contributed by atoms with Crippen LogP contribution in [-0.2, 0) is 31.7 Å². The maximum absolute atomic E-state index is 8.31. The van der Waals surface area contributed by atoms with Crippen LogP contribution < -0.4 is 4.74 Å². The molecule has 8 rings (SSSR count). The minimum atomic E-state index is -2.29. The van der Waals surface area contributed by atoms with Crippen molar-refractivity contribution in [2.24, 2.45) is 6.98 Å². The van der Waals surface area contributed by atoms with Crippen LogP contribution in [-0.4, -0.2) is 18.7 Å². The molecule has 1 aliphatic carbocycles. The summed E-state index contributed by atoms with van der Waals surface area (Å²) in [4.78, 5) is 4.83. The summed E-state index contributed by atoms with van der Waals surface area (Å²) in [6.45, 7) is 6.64. The van der Waals surface area contributed by atoms with Gasteiger partial charge >= 0.3 is 206 Å². The van der Waals surface area contributed by atoms with Gasteiger partial charge in [-0.05, 0) is 29.2 Å². The van der Waals surface area contributed by atoms with Crippen LogP contribution in [0.5, 0.6) is 11.5 Å². The summed E-state index contributed by atoms with van der Waals surface area (Å²) in [5.41, 5.74) is 7.43. The van der Waals surface area contributed by atoms with Gasteiger partial charge in [0.15, 0.2) is 0 Å². The Labute approximate surface area is 284 Å². The van der Waals surface area contributed by atoms with Crippen molar-refractivity contribution in [3.8, 4) is 17.3 Å². The Balaban J connectivity index is 1.24. The van der Waals surface area contributed by atoms with Crippen molar-refractivity contribution in [1.82, 2.24) is 18.7 Å². The van der Waals surface area contributed by atoms with E-state index < -0.39 is 6.98 Å². The van der Waals surface area contributed by atoms with Gasteiger partial charge in [-0.25, -0.2) is 4.98 Å². The normalized spacial score (nSPS) is 18.0. The Morgan fingerprint density at radius 2 is 1.50 bits per heavy atom. The molecule has 0 aliphatic heterocycles. The van der Waals surface area contributed by atoms with E-state index in [9.17, 15) is 0 Å². The Morgan fingerprint density at radius 1 is 0.783 bits per heavy atom. The van der Waals surface area contributed by atoms with Crippen molar-refractivity contribution in [2.45, 2.75) is 57.9 Å². The molecule has 7 aromatic rings. The zero-order chi connectivity index (χ0) is 34.2. The van der Waals surface area contributed by atoms with Crippen molar-refractivity contribution in [2.75, 3.05) is 0 Å². The predicted molar refractivity (Wildman–Crippen MR) is 184 cm³/mol. The van der Waals surface area contributed by atoms with E-state index in [2.05, 4.69) is 123 Å². The molecule has 3 heterocycles. The number of hydrogen-bond acceptors (Lipinski definition) is 2. The molecule has 0 N–H and O–H groups in total. The van der Waals surface area contributed by atoms with E-state index in [1.165, 1.54) is 26.6 Å². The first kappa shape index (κ1) is 25.9. The molecule has 2 atom stereocenters. The van der Waals surface area contributed by atoms with Crippen LogP contribution in [0, 0.1) is 3.80 Å². The second-order valence-electron chi connectivity index (χ2n) is 13.5. The fraction of sp³-hybridized carbons (Fsp3) is 0.250. The maximum atomic E-state index is 8.31. The van der Waals surface area contributed by atoms with Crippen molar-refractivity contribution in [3.05, 3.63) is 124 Å². The average Bonchev–Trinajstić information content (AvgIpc) is 3.56. The topological polar surface area (TPSA) is 36.9 Å². The molecule has 3 aromatic heterocycles. The minimum absolute atomic E-state index is 0.00936. The zero-order valence-corrected chi connectivity index (χ0v) is 28.7. The molecule has 0 saturated heterocycles. The van der Waals surface area contributed by atoms with Gasteiger partial charge in [-0.2, -0.15) is 0 Å². The summed E-state index contributed by atoms with van der Waals surface area (Å²) >= 11 is 2.19. The van der Waals surface area contributed by atoms with Crippen molar-refractivity contribution < 1.29 is 28.2 Å². The molecule has 0 radical (unpaired) electrons. The molecular weight excluding hydrogens is 748 g/mol. The van der Waals surface area contributed by atoms with Gasteiger partial charge in [0.1, 0.15) is 0 Å². The van der Waals surface area contributed by atoms with Crippen LogP contribution in [0.4, 0.5) is 0 Å². The van der Waals surface area contributed by atoms with Crippen LogP contribution in [0.1, 0.15) is 73.3 Å². The molecule has 0 saturated carbocycles. The standard InChI is InChI=1S/C40H38N4O.Pt/c1-26-14-19-34(43-25-42(5)36-12-8-9-13-37(36)43)33-23-28(15-17-30(26)33)45-29-16-18-32-31-10-6-7-11-35(31)44(38(32)24-29)39-22-27(20-21-41-39)40(2,3)4;/h6-13,15-18,20-24,26,34H,14,19H2,1-5H3;/i5D3;. The third kappa shape index (κ3) is 4.71. The number of aromatic nitrogens is 4. The molecule has 46 heavy (non-hydrogen) atoms. The second-order valence-corrected chi connectivity index (χ2v) is 14.5. The summed E-state index contributed by atoms with van der Waals surface area (Å²) in [6, 6.07) is 33.2. The summed E-state index contributed by atoms with van der Waals surface area (Å²) < 4.78 is 38.2. The molecule has 0 amide bonds. The number of benzene rings is 4. The number of para-hydroxylation sites is 3. The average molecular weight is 789 g/mol. The van der Waals surface area contributed by atoms with Gasteiger partial charge in [0.2, 0.25) is 0 Å². The van der Waals surface area contributed by atoms with E-state index in [-0.39, 0.29) is 11.5 Å². The van der Waals surface area contributed by atoms with Gasteiger partial charge in [0, 0.05) is 6.20 Å². The van der Waals surface area contributed by atoms with Crippen LogP contribution in [0.15, 0.2) is 103 Å². The first-order chi connectivity index (χ1) is 23.4. The number of fused-ring (bicyclic) bond motifs is 5. The summed E-state index contributed by atoms with van der Waals surface area (Å²) in [5.74, 6) is 2.76. The first-order valence-corrected chi connectivity index (χ1v) is 17.0. The van der Waals surface area contributed by atoms with Gasteiger partial charge in [-0.3, -0.25) is 0 Å². The van der Waals surface area contributed by atoms with Crippen molar-refractivity contribution in [3.63, 3.8) is 0 Å². The predicted octanol–water partition coefficient (Wildman–Crippen LogP) is 10.1. The quantitative estimate of drug-likeness (QED) is 0.178. The summed E-state index contributed by atoms with van der Waals surface area (Å²) in [7, 11) is 0. The third-order valence-electron chi connectivity index (χ3n) is 9.59. The number of nitrogens with zero attached hydrogens (tertiary/aromatic N) is 4. The third-order valence-corrected chi connectivity index (χ3v) is 10.6. The number of ether oxygens (including phenoxy) is 1. The van der Waals surface area contributed by atoms with Gasteiger partial charge in [-0.15, -0.1) is 0 Å². The summed E-state index contributed by atoms with van der Waals surface area (Å²) in [6.07, 6.45) is 3.82. The van der Waals surface area contributed by atoms with Crippen molar-refractivity contribution in [1.29, 1.82) is 0 Å². The molecule has 2 unspecified atom stereocenters. The monoisotopic (exact) mass is 788 g/mol. The fourth-order valence-electron chi connectivity index (χ4n) is 7.18. The second kappa shape index (κ2) is 11.0. The molecule has 4 aromatic carbocycles. The molecule has 0 spiro atoms. The Hall–Kier alpha value is -4.21. The van der Waals surface area contributed by atoms with Crippen LogP contribution in [0.3, 0.4) is 0 Å². The molecule has 0 bridgehead atoms. The number of aryl methyl sites for hydroxylation is 1. The number of imidazole rings is 1. The molecule has 1 aliphatic rings. The van der Waals surface area contributed by atoms with Crippen LogP contribution in [0.25, 0.3) is 38.7 Å². The van der Waals surface area contributed by atoms with Gasteiger partial charge in [-0.1, -0.05) is 39.0 Å². The first-order valence-electron chi connectivity index (χ1n) is 17.4. The summed E-state index contributed by atoms with van der Waals surface area (Å²) in [5, 5.41) is 2.31. The number of hydrogen-bond donors (Lipinski definition) is 0. The van der Waals surface area contributed by atoms with E-state index in [4.69, 9.17) is 13.8 Å². The Kier molecular flexibility index (Phi) is 6.17. The molecule has 0 fully saturated rings. The van der Waals surface area contributed by atoms with E-state index in [1.54, 1.807) is 0 Å². The Morgan fingerprint density at radius 3 is 2.30 bits per heavy atom. The Bertz CT molecular complexity index is 2460. The van der Waals surface area contributed by atoms with Crippen molar-refractivity contribution >= 4 is 32.8 Å². The van der Waals surface area contributed by atoms with E-state index in [0.29, 0.717) is 15.2 Å². The molecule has 234 valence electrons. The molecule has 5 nitrogen and oxygen atoms in total. The number of pyridine rings is 1. The molecule has 6 heteroatoms. The van der Waals surface area contributed by atoms with Crippen LogP contribution >= 0.6 is 0 Å². The number of rotatable bonds is 4. The van der Waals surface area contributed by atoms with E-state index >= 15 is 0 Å². The molecular formula is C40H38N4OPt. The SMILES string of the molecule is [2H]C([2H])([2H])n1[c](=[Pt])n(C2CCC(C)c3ccc(Oc4ccc5c6ccccc6n(-c6cc(C(C)(C)C)ccn6)c5c4)cc32)c2ccccc21. The van der Waals surface area contributed by atoms with E-state index in [0.717, 1.165) is 52.1 Å². The van der Waals surface area contributed by atoms with Gasteiger partial charge in [0.25, 0.3) is 0 Å². The van der Waals surface area contributed by atoms with E-state index in [1.807, 2.05) is 36.5 Å². The zero-order valence-electron chi connectivity index (χ0n) is 29.4.